The summed E-state index contributed by atoms with van der Waals surface area (Å²) in [5, 5.41) is 2.98. The molecule has 2 aliphatic heterocycles. The lowest BCUT2D eigenvalue weighted by Crippen LogP contribution is -2.32. The molecular formula is C17H21FIN2O3S2-. The van der Waals surface area contributed by atoms with E-state index in [4.69, 9.17) is 17.0 Å². The van der Waals surface area contributed by atoms with Gasteiger partial charge in [-0.05, 0) is 76.1 Å². The van der Waals surface area contributed by atoms with Crippen LogP contribution in [-0.2, 0) is 4.74 Å². The molecule has 0 bridgehead atoms. The zero-order valence-electron chi connectivity index (χ0n) is 14.4. The number of thiocarbonyl (C=S) groups is 1. The van der Waals surface area contributed by atoms with Gasteiger partial charge in [-0.3, -0.25) is 12.4 Å². The second-order valence-electron chi connectivity index (χ2n) is 6.66. The van der Waals surface area contributed by atoms with Crippen molar-refractivity contribution in [3.63, 3.8) is 0 Å². The van der Waals surface area contributed by atoms with Crippen molar-refractivity contribution < 1.29 is 18.5 Å². The SMILES string of the molecule is CC(=S)NC[C@H]1CN(c2ccc(C3CCS([O-])(I)CC3)c(F)c2)C(=O)O1. The highest BCUT2D eigenvalue weighted by Gasteiger charge is 2.33. The van der Waals surface area contributed by atoms with E-state index in [-0.39, 0.29) is 17.8 Å². The Labute approximate surface area is 171 Å². The average molecular weight is 511 g/mol. The molecule has 2 saturated heterocycles. The highest BCUT2D eigenvalue weighted by atomic mass is 127. The number of cyclic esters (lactones) is 1. The number of halogens is 2. The smallest absolute Gasteiger partial charge is 0.414 e. The van der Waals surface area contributed by atoms with Crippen LogP contribution in [0.25, 0.3) is 0 Å². The van der Waals surface area contributed by atoms with Gasteiger partial charge in [-0.25, -0.2) is 9.18 Å². The highest BCUT2D eigenvalue weighted by Crippen LogP contribution is 2.58. The molecule has 1 amide bonds. The summed E-state index contributed by atoms with van der Waals surface area (Å²) in [6.07, 6.45) is 0.662. The molecule has 0 radical (unpaired) electrons. The third-order valence-electron chi connectivity index (χ3n) is 4.73. The van der Waals surface area contributed by atoms with Gasteiger partial charge in [0.25, 0.3) is 0 Å². The minimum atomic E-state index is -1.77. The fraction of sp³-hybridized carbons (Fsp3) is 0.529. The lowest BCUT2D eigenvalue weighted by atomic mass is 9.93. The van der Waals surface area contributed by atoms with Crippen molar-refractivity contribution in [1.82, 2.24) is 5.32 Å². The Kier molecular flexibility index (Phi) is 6.30. The highest BCUT2D eigenvalue weighted by molar-refractivity contribution is 14.2. The molecule has 2 heterocycles. The molecule has 2 fully saturated rings. The van der Waals surface area contributed by atoms with E-state index in [9.17, 15) is 13.7 Å². The largest absolute Gasteiger partial charge is 0.804 e. The maximum atomic E-state index is 14.7. The first-order chi connectivity index (χ1) is 12.2. The summed E-state index contributed by atoms with van der Waals surface area (Å²) in [6.45, 7) is 2.56. The van der Waals surface area contributed by atoms with Gasteiger partial charge in [0.15, 0.2) is 0 Å². The summed E-state index contributed by atoms with van der Waals surface area (Å²) < 4.78 is 32.1. The molecule has 144 valence electrons. The number of nitrogens with zero attached hydrogens (tertiary/aromatic N) is 1. The van der Waals surface area contributed by atoms with Crippen LogP contribution < -0.4 is 10.2 Å². The maximum Gasteiger partial charge on any atom is 0.414 e. The van der Waals surface area contributed by atoms with Crippen molar-refractivity contribution in [2.75, 3.05) is 29.5 Å². The van der Waals surface area contributed by atoms with Gasteiger partial charge < -0.3 is 14.6 Å². The van der Waals surface area contributed by atoms with E-state index < -0.39 is 13.6 Å². The summed E-state index contributed by atoms with van der Waals surface area (Å²) in [6, 6.07) is 4.90. The number of anilines is 1. The molecule has 1 atom stereocenters. The average Bonchev–Trinajstić information content (AvgIpc) is 2.94. The molecule has 1 aromatic rings. The molecule has 0 spiro atoms. The summed E-state index contributed by atoms with van der Waals surface area (Å²) in [7, 11) is -1.77. The van der Waals surface area contributed by atoms with Crippen LogP contribution in [0.15, 0.2) is 18.2 Å². The topological polar surface area (TPSA) is 64.6 Å². The van der Waals surface area contributed by atoms with Crippen molar-refractivity contribution in [3.8, 4) is 0 Å². The number of hydrogen-bond acceptors (Lipinski definition) is 4. The fourth-order valence-corrected chi connectivity index (χ4v) is 6.39. The first-order valence-electron chi connectivity index (χ1n) is 8.46. The van der Waals surface area contributed by atoms with E-state index in [2.05, 4.69) is 5.32 Å². The Morgan fingerprint density at radius 2 is 2.19 bits per heavy atom. The molecule has 5 nitrogen and oxygen atoms in total. The van der Waals surface area contributed by atoms with Crippen LogP contribution in [0, 0.1) is 5.82 Å². The number of carbonyl (C=O) groups is 1. The first-order valence-corrected chi connectivity index (χ1v) is 13.3. The minimum Gasteiger partial charge on any atom is -0.804 e. The quantitative estimate of drug-likeness (QED) is 0.484. The molecule has 9 heteroatoms. The minimum absolute atomic E-state index is 0.0847. The van der Waals surface area contributed by atoms with Crippen molar-refractivity contribution >= 4 is 57.7 Å². The van der Waals surface area contributed by atoms with Crippen LogP contribution in [-0.4, -0.2) is 46.3 Å². The van der Waals surface area contributed by atoms with Gasteiger partial charge in [0, 0.05) is 0 Å². The second kappa shape index (κ2) is 8.15. The molecule has 0 saturated carbocycles. The Morgan fingerprint density at radius 1 is 1.50 bits per heavy atom. The number of rotatable bonds is 4. The summed E-state index contributed by atoms with van der Waals surface area (Å²) >= 11 is 6.99. The molecule has 3 rings (SSSR count). The van der Waals surface area contributed by atoms with Crippen LogP contribution in [0.1, 0.15) is 31.2 Å². The van der Waals surface area contributed by atoms with Crippen LogP contribution in [0.4, 0.5) is 14.9 Å². The van der Waals surface area contributed by atoms with Gasteiger partial charge in [-0.15, -0.1) is 0 Å². The van der Waals surface area contributed by atoms with Gasteiger partial charge in [0.2, 0.25) is 0 Å². The van der Waals surface area contributed by atoms with Gasteiger partial charge >= 0.3 is 6.09 Å². The molecular weight excluding hydrogens is 490 g/mol. The summed E-state index contributed by atoms with van der Waals surface area (Å²) in [4.78, 5) is 14.2. The lowest BCUT2D eigenvalue weighted by Gasteiger charge is -2.46. The second-order valence-corrected chi connectivity index (χ2v) is 14.3. The fourth-order valence-electron chi connectivity index (χ4n) is 3.31. The van der Waals surface area contributed by atoms with E-state index in [1.807, 2.05) is 21.2 Å². The van der Waals surface area contributed by atoms with Crippen molar-refractivity contribution in [1.29, 1.82) is 0 Å². The maximum absolute atomic E-state index is 14.7. The van der Waals surface area contributed by atoms with Crippen molar-refractivity contribution in [2.24, 2.45) is 0 Å². The monoisotopic (exact) mass is 511 g/mol. The number of benzene rings is 1. The van der Waals surface area contributed by atoms with Gasteiger partial charge in [-0.2, -0.15) is 0 Å². The van der Waals surface area contributed by atoms with Gasteiger partial charge in [-0.1, -0.05) is 18.3 Å². The number of amides is 1. The molecule has 0 aliphatic carbocycles. The lowest BCUT2D eigenvalue weighted by molar-refractivity contribution is 0.143. The number of hydrogen-bond donors (Lipinski definition) is 1. The Bertz CT molecular complexity index is 709. The predicted octanol–water partition coefficient (Wildman–Crippen LogP) is 4.25. The summed E-state index contributed by atoms with van der Waals surface area (Å²) in [5.41, 5.74) is 1.13. The predicted molar refractivity (Wildman–Crippen MR) is 114 cm³/mol. The third-order valence-corrected chi connectivity index (χ3v) is 9.21. The first kappa shape index (κ1) is 20.1. The van der Waals surface area contributed by atoms with E-state index in [0.717, 1.165) is 12.8 Å². The van der Waals surface area contributed by atoms with Crippen LogP contribution in [0.3, 0.4) is 0 Å². The summed E-state index contributed by atoms with van der Waals surface area (Å²) in [5.74, 6) is 1.03. The third kappa shape index (κ3) is 4.79. The van der Waals surface area contributed by atoms with Crippen LogP contribution >= 0.6 is 40.9 Å². The van der Waals surface area contributed by atoms with Gasteiger partial charge in [0.05, 0.1) is 23.8 Å². The van der Waals surface area contributed by atoms with Crippen LogP contribution in [0.2, 0.25) is 0 Å². The molecule has 2 aliphatic rings. The number of ether oxygens (including phenoxy) is 1. The molecule has 0 unspecified atom stereocenters. The Balaban J connectivity index is 1.68. The van der Waals surface area contributed by atoms with E-state index in [1.54, 1.807) is 19.1 Å². The number of carbonyl (C=O) groups excluding carboxylic acids is 1. The van der Waals surface area contributed by atoms with Crippen molar-refractivity contribution in [2.45, 2.75) is 31.8 Å². The van der Waals surface area contributed by atoms with E-state index in [1.165, 1.54) is 11.0 Å². The van der Waals surface area contributed by atoms with E-state index >= 15 is 0 Å². The zero-order chi connectivity index (χ0) is 18.9. The molecule has 1 aromatic carbocycles. The normalized spacial score (nSPS) is 31.2. The number of nitrogens with one attached hydrogen (secondary N) is 1. The Morgan fingerprint density at radius 3 is 2.81 bits per heavy atom. The zero-order valence-corrected chi connectivity index (χ0v) is 18.2. The van der Waals surface area contributed by atoms with Gasteiger partial charge in [0.1, 0.15) is 11.9 Å². The van der Waals surface area contributed by atoms with Crippen molar-refractivity contribution in [3.05, 3.63) is 29.6 Å². The van der Waals surface area contributed by atoms with Crippen LogP contribution in [0.5, 0.6) is 0 Å². The Hall–Kier alpha value is -0.650. The molecule has 26 heavy (non-hydrogen) atoms. The molecule has 1 N–H and O–H groups in total. The van der Waals surface area contributed by atoms with E-state index in [0.29, 0.717) is 40.8 Å². The standard InChI is InChI=1S/C17H22FIN2O3S2/c1-11(25)20-9-14-10-21(17(22)24-14)13-2-3-15(16(18)8-13)12-4-6-26(19,23)7-5-12/h2-3,8,12,14,23H,4-7,9-10H2,1H3,(H,20,25)/p-1/t14-/m0/s1. The molecule has 0 aromatic heterocycles.